The second kappa shape index (κ2) is 6.11. The summed E-state index contributed by atoms with van der Waals surface area (Å²) in [6.07, 6.45) is 0. The molecule has 0 saturated heterocycles. The molecule has 0 atom stereocenters. The van der Waals surface area contributed by atoms with E-state index in [1.807, 2.05) is 12.1 Å². The summed E-state index contributed by atoms with van der Waals surface area (Å²) < 4.78 is 0. The molecule has 0 aliphatic carbocycles. The number of rotatable bonds is 4. The minimum Gasteiger partial charge on any atom is -0.310 e. The fourth-order valence-corrected chi connectivity index (χ4v) is 2.58. The van der Waals surface area contributed by atoms with Crippen LogP contribution in [0.15, 0.2) is 18.2 Å². The summed E-state index contributed by atoms with van der Waals surface area (Å²) in [5.41, 5.74) is 4.63. The Morgan fingerprint density at radius 3 is 2.45 bits per heavy atom. The van der Waals surface area contributed by atoms with E-state index >= 15 is 0 Å². The SMILES string of the molecule is Cc1cc(Cl)cc2c(CNC(C)C)cc(C(C)C)nc12. The highest BCUT2D eigenvalue weighted by Gasteiger charge is 2.11. The quantitative estimate of drug-likeness (QED) is 0.873. The molecule has 20 heavy (non-hydrogen) atoms. The Kier molecular flexibility index (Phi) is 4.66. The molecule has 2 aromatic rings. The zero-order valence-electron chi connectivity index (χ0n) is 12.9. The minimum absolute atomic E-state index is 0.423. The van der Waals surface area contributed by atoms with Crippen molar-refractivity contribution in [3.63, 3.8) is 0 Å². The zero-order valence-corrected chi connectivity index (χ0v) is 13.7. The predicted molar refractivity (Wildman–Crippen MR) is 87.6 cm³/mol. The third-order valence-electron chi connectivity index (χ3n) is 3.47. The molecule has 0 aliphatic rings. The summed E-state index contributed by atoms with van der Waals surface area (Å²) in [6.45, 7) is 11.6. The van der Waals surface area contributed by atoms with Gasteiger partial charge in [-0.15, -0.1) is 0 Å². The second-order valence-corrected chi connectivity index (χ2v) is 6.45. The molecule has 0 unspecified atom stereocenters. The first-order chi connectivity index (χ1) is 9.38. The molecule has 0 amide bonds. The van der Waals surface area contributed by atoms with Crippen molar-refractivity contribution in [2.45, 2.75) is 53.1 Å². The van der Waals surface area contributed by atoms with Crippen LogP contribution >= 0.6 is 11.6 Å². The number of aryl methyl sites for hydroxylation is 1. The van der Waals surface area contributed by atoms with Gasteiger partial charge in [0, 0.05) is 28.7 Å². The Hall–Kier alpha value is -1.12. The average Bonchev–Trinajstić information content (AvgIpc) is 2.35. The summed E-state index contributed by atoms with van der Waals surface area (Å²) >= 11 is 6.21. The van der Waals surface area contributed by atoms with E-state index < -0.39 is 0 Å². The molecule has 1 aromatic heterocycles. The lowest BCUT2D eigenvalue weighted by Gasteiger charge is -2.15. The Bertz CT molecular complexity index is 618. The lowest BCUT2D eigenvalue weighted by molar-refractivity contribution is 0.590. The van der Waals surface area contributed by atoms with Crippen LogP contribution in [0.4, 0.5) is 0 Å². The first-order valence-corrected chi connectivity index (χ1v) is 7.59. The average molecular weight is 291 g/mol. The highest BCUT2D eigenvalue weighted by Crippen LogP contribution is 2.28. The molecule has 0 aliphatic heterocycles. The third kappa shape index (κ3) is 3.31. The van der Waals surface area contributed by atoms with Crippen molar-refractivity contribution in [1.29, 1.82) is 0 Å². The summed E-state index contributed by atoms with van der Waals surface area (Å²) in [7, 11) is 0. The number of hydrogen-bond acceptors (Lipinski definition) is 2. The van der Waals surface area contributed by atoms with Gasteiger partial charge in [0.05, 0.1) is 5.52 Å². The molecule has 0 spiro atoms. The third-order valence-corrected chi connectivity index (χ3v) is 3.68. The van der Waals surface area contributed by atoms with Gasteiger partial charge in [-0.05, 0) is 42.2 Å². The van der Waals surface area contributed by atoms with Gasteiger partial charge in [-0.1, -0.05) is 39.3 Å². The van der Waals surface area contributed by atoms with E-state index in [0.717, 1.165) is 33.7 Å². The molecule has 1 heterocycles. The molecule has 2 nitrogen and oxygen atoms in total. The van der Waals surface area contributed by atoms with Gasteiger partial charge in [0.1, 0.15) is 0 Å². The van der Waals surface area contributed by atoms with Gasteiger partial charge >= 0.3 is 0 Å². The van der Waals surface area contributed by atoms with E-state index in [4.69, 9.17) is 16.6 Å². The van der Waals surface area contributed by atoms with E-state index in [9.17, 15) is 0 Å². The van der Waals surface area contributed by atoms with Gasteiger partial charge in [-0.3, -0.25) is 4.98 Å². The fourth-order valence-electron chi connectivity index (χ4n) is 2.30. The normalized spacial score (nSPS) is 11.8. The van der Waals surface area contributed by atoms with Crippen LogP contribution in [0.25, 0.3) is 10.9 Å². The first kappa shape index (κ1) is 15.3. The standard InChI is InChI=1S/C17H23ClN2/c1-10(2)16-7-13(9-19-11(3)4)15-8-14(18)6-12(5)17(15)20-16/h6-8,10-11,19H,9H2,1-5H3. The first-order valence-electron chi connectivity index (χ1n) is 7.21. The van der Waals surface area contributed by atoms with Gasteiger partial charge in [-0.25, -0.2) is 0 Å². The van der Waals surface area contributed by atoms with Crippen LogP contribution < -0.4 is 5.32 Å². The van der Waals surface area contributed by atoms with Crippen molar-refractivity contribution >= 4 is 22.5 Å². The molecule has 0 bridgehead atoms. The predicted octanol–water partition coefficient (Wildman–Crippen LogP) is 4.82. The second-order valence-electron chi connectivity index (χ2n) is 6.02. The molecular formula is C17H23ClN2. The number of aromatic nitrogens is 1. The van der Waals surface area contributed by atoms with Crippen LogP contribution in [0.2, 0.25) is 5.02 Å². The van der Waals surface area contributed by atoms with Crippen molar-refractivity contribution in [2.75, 3.05) is 0 Å². The van der Waals surface area contributed by atoms with Crippen LogP contribution in [0.3, 0.4) is 0 Å². The largest absolute Gasteiger partial charge is 0.310 e. The number of nitrogens with zero attached hydrogens (tertiary/aromatic N) is 1. The van der Waals surface area contributed by atoms with E-state index in [1.165, 1.54) is 5.56 Å². The van der Waals surface area contributed by atoms with Gasteiger partial charge in [0.2, 0.25) is 0 Å². The highest BCUT2D eigenvalue weighted by molar-refractivity contribution is 6.31. The van der Waals surface area contributed by atoms with E-state index in [-0.39, 0.29) is 0 Å². The van der Waals surface area contributed by atoms with Crippen LogP contribution in [0.5, 0.6) is 0 Å². The van der Waals surface area contributed by atoms with Crippen LogP contribution in [0.1, 0.15) is 50.4 Å². The van der Waals surface area contributed by atoms with E-state index in [1.54, 1.807) is 0 Å². The maximum absolute atomic E-state index is 6.21. The topological polar surface area (TPSA) is 24.9 Å². The van der Waals surface area contributed by atoms with E-state index in [2.05, 4.69) is 46.0 Å². The number of pyridine rings is 1. The summed E-state index contributed by atoms with van der Waals surface area (Å²) in [5, 5.41) is 5.43. The lowest BCUT2D eigenvalue weighted by atomic mass is 10.0. The maximum Gasteiger partial charge on any atom is 0.0738 e. The molecule has 108 valence electrons. The van der Waals surface area contributed by atoms with Gasteiger partial charge in [0.15, 0.2) is 0 Å². The van der Waals surface area contributed by atoms with Crippen molar-refractivity contribution in [3.8, 4) is 0 Å². The number of fused-ring (bicyclic) bond motifs is 1. The molecule has 2 rings (SSSR count). The van der Waals surface area contributed by atoms with Crippen LogP contribution in [-0.4, -0.2) is 11.0 Å². The van der Waals surface area contributed by atoms with Gasteiger partial charge in [-0.2, -0.15) is 0 Å². The number of benzene rings is 1. The molecule has 1 N–H and O–H groups in total. The highest BCUT2D eigenvalue weighted by atomic mass is 35.5. The van der Waals surface area contributed by atoms with Crippen molar-refractivity contribution < 1.29 is 0 Å². The zero-order chi connectivity index (χ0) is 14.9. The Labute approximate surface area is 126 Å². The van der Waals surface area contributed by atoms with Crippen LogP contribution in [-0.2, 0) is 6.54 Å². The Morgan fingerprint density at radius 1 is 1.15 bits per heavy atom. The van der Waals surface area contributed by atoms with Gasteiger partial charge < -0.3 is 5.32 Å². The molecule has 0 radical (unpaired) electrons. The van der Waals surface area contributed by atoms with Crippen molar-refractivity contribution in [1.82, 2.24) is 10.3 Å². The summed E-state index contributed by atoms with van der Waals surface area (Å²) in [4.78, 5) is 4.82. The smallest absolute Gasteiger partial charge is 0.0738 e. The van der Waals surface area contributed by atoms with Gasteiger partial charge in [0.25, 0.3) is 0 Å². The summed E-state index contributed by atoms with van der Waals surface area (Å²) in [5.74, 6) is 0.423. The molecular weight excluding hydrogens is 268 g/mol. The lowest BCUT2D eigenvalue weighted by Crippen LogP contribution is -2.22. The number of hydrogen-bond donors (Lipinski definition) is 1. The Balaban J connectivity index is 2.61. The van der Waals surface area contributed by atoms with Crippen molar-refractivity contribution in [3.05, 3.63) is 40.0 Å². The van der Waals surface area contributed by atoms with E-state index in [0.29, 0.717) is 12.0 Å². The molecule has 0 saturated carbocycles. The van der Waals surface area contributed by atoms with Crippen molar-refractivity contribution in [2.24, 2.45) is 0 Å². The molecule has 1 aromatic carbocycles. The monoisotopic (exact) mass is 290 g/mol. The summed E-state index contributed by atoms with van der Waals surface area (Å²) in [6, 6.07) is 6.68. The number of halogens is 1. The van der Waals surface area contributed by atoms with Crippen LogP contribution in [0, 0.1) is 6.92 Å². The maximum atomic E-state index is 6.21. The minimum atomic E-state index is 0.423. The number of nitrogens with one attached hydrogen (secondary N) is 1. The Morgan fingerprint density at radius 2 is 1.85 bits per heavy atom. The molecule has 3 heteroatoms. The molecule has 0 fully saturated rings. The fraction of sp³-hybridized carbons (Fsp3) is 0.471.